The van der Waals surface area contributed by atoms with Crippen molar-refractivity contribution in [2.24, 2.45) is 7.05 Å². The maximum atomic E-state index is 8.90. The zero-order valence-electron chi connectivity index (χ0n) is 8.71. The van der Waals surface area contributed by atoms with Gasteiger partial charge in [0.2, 0.25) is 0 Å². The Balaban J connectivity index is 2.65. The van der Waals surface area contributed by atoms with Crippen LogP contribution >= 0.6 is 39.1 Å². The zero-order valence-corrected chi connectivity index (χ0v) is 11.8. The minimum atomic E-state index is 0.341. The van der Waals surface area contributed by atoms with Gasteiger partial charge >= 0.3 is 0 Å². The Morgan fingerprint density at radius 1 is 1.35 bits per heavy atom. The van der Waals surface area contributed by atoms with Crippen LogP contribution < -0.4 is 0 Å². The number of nitriles is 1. The highest BCUT2D eigenvalue weighted by Gasteiger charge is 2.15. The summed E-state index contributed by atoms with van der Waals surface area (Å²) < 4.78 is 2.28. The fraction of sp³-hybridized carbons (Fsp3) is 0.0909. The molecule has 0 saturated heterocycles. The van der Waals surface area contributed by atoms with Gasteiger partial charge in [0, 0.05) is 12.6 Å². The van der Waals surface area contributed by atoms with E-state index in [1.807, 2.05) is 12.1 Å². The van der Waals surface area contributed by atoms with Crippen molar-refractivity contribution >= 4 is 39.1 Å². The largest absolute Gasteiger partial charge is 0.265 e. The molecule has 0 radical (unpaired) electrons. The number of halogens is 3. The van der Waals surface area contributed by atoms with E-state index in [1.165, 1.54) is 0 Å². The molecule has 2 rings (SSSR count). The Labute approximate surface area is 117 Å². The Bertz CT molecular complexity index is 628. The molecule has 0 amide bonds. The molecule has 6 heteroatoms. The van der Waals surface area contributed by atoms with E-state index in [-0.39, 0.29) is 0 Å². The number of benzene rings is 1. The molecule has 1 aromatic carbocycles. The molecular weight excluding hydrogens is 325 g/mol. The van der Waals surface area contributed by atoms with Crippen molar-refractivity contribution < 1.29 is 0 Å². The average Bonchev–Trinajstić information content (AvgIpc) is 2.58. The number of aromatic nitrogens is 2. The average molecular weight is 331 g/mol. The molecule has 86 valence electrons. The molecule has 0 spiro atoms. The summed E-state index contributed by atoms with van der Waals surface area (Å²) in [5.41, 5.74) is 1.98. The highest BCUT2D eigenvalue weighted by molar-refractivity contribution is 9.10. The maximum Gasteiger partial charge on any atom is 0.177 e. The fourth-order valence-electron chi connectivity index (χ4n) is 1.53. The summed E-state index contributed by atoms with van der Waals surface area (Å²) in [4.78, 5) is 0. The van der Waals surface area contributed by atoms with E-state index in [0.29, 0.717) is 20.2 Å². The summed E-state index contributed by atoms with van der Waals surface area (Å²) in [6.07, 6.45) is 0. The van der Waals surface area contributed by atoms with E-state index in [9.17, 15) is 0 Å². The van der Waals surface area contributed by atoms with Crippen molar-refractivity contribution in [1.29, 1.82) is 5.26 Å². The van der Waals surface area contributed by atoms with Crippen molar-refractivity contribution in [1.82, 2.24) is 9.78 Å². The summed E-state index contributed by atoms with van der Waals surface area (Å²) in [7, 11) is 1.77. The molecule has 0 N–H and O–H groups in total. The van der Waals surface area contributed by atoms with Crippen molar-refractivity contribution in [3.8, 4) is 17.3 Å². The van der Waals surface area contributed by atoms with Gasteiger partial charge in [0.05, 0.1) is 20.2 Å². The third kappa shape index (κ3) is 2.19. The Morgan fingerprint density at radius 2 is 2.06 bits per heavy atom. The van der Waals surface area contributed by atoms with E-state index in [0.717, 1.165) is 11.3 Å². The Kier molecular flexibility index (Phi) is 3.43. The van der Waals surface area contributed by atoms with Crippen molar-refractivity contribution in [3.05, 3.63) is 38.4 Å². The second-order valence-electron chi connectivity index (χ2n) is 3.38. The van der Waals surface area contributed by atoms with Crippen LogP contribution in [0.2, 0.25) is 10.0 Å². The SMILES string of the molecule is Cn1nc(C#N)c(Br)c1-c1ccc(Cl)c(Cl)c1. The van der Waals surface area contributed by atoms with Crippen LogP contribution in [-0.4, -0.2) is 9.78 Å². The molecular formula is C11H6BrCl2N3. The molecule has 1 aromatic heterocycles. The lowest BCUT2D eigenvalue weighted by molar-refractivity contribution is 0.771. The molecule has 0 fully saturated rings. The molecule has 17 heavy (non-hydrogen) atoms. The minimum absolute atomic E-state index is 0.341. The van der Waals surface area contributed by atoms with Crippen LogP contribution in [0.4, 0.5) is 0 Å². The fourth-order valence-corrected chi connectivity index (χ4v) is 2.48. The third-order valence-electron chi connectivity index (χ3n) is 2.29. The molecule has 0 unspecified atom stereocenters. The van der Waals surface area contributed by atoms with Crippen molar-refractivity contribution in [2.75, 3.05) is 0 Å². The third-order valence-corrected chi connectivity index (χ3v) is 3.78. The minimum Gasteiger partial charge on any atom is -0.265 e. The first-order valence-electron chi connectivity index (χ1n) is 4.62. The smallest absolute Gasteiger partial charge is 0.177 e. The van der Waals surface area contributed by atoms with Gasteiger partial charge in [0.1, 0.15) is 6.07 Å². The van der Waals surface area contributed by atoms with Gasteiger partial charge in [0.15, 0.2) is 5.69 Å². The first-order valence-corrected chi connectivity index (χ1v) is 6.17. The van der Waals surface area contributed by atoms with Crippen LogP contribution in [0.5, 0.6) is 0 Å². The maximum absolute atomic E-state index is 8.90. The second kappa shape index (κ2) is 4.69. The van der Waals surface area contributed by atoms with E-state index in [2.05, 4.69) is 21.0 Å². The van der Waals surface area contributed by atoms with Crippen LogP contribution in [0.25, 0.3) is 11.3 Å². The molecule has 0 atom stereocenters. The monoisotopic (exact) mass is 329 g/mol. The predicted octanol–water partition coefficient (Wildman–Crippen LogP) is 4.03. The molecule has 3 nitrogen and oxygen atoms in total. The first kappa shape index (κ1) is 12.4. The molecule has 2 aromatic rings. The Hall–Kier alpha value is -1.02. The number of hydrogen-bond donors (Lipinski definition) is 0. The van der Waals surface area contributed by atoms with Gasteiger partial charge < -0.3 is 0 Å². The molecule has 0 saturated carbocycles. The number of nitrogens with zero attached hydrogens (tertiary/aromatic N) is 3. The quantitative estimate of drug-likeness (QED) is 0.792. The second-order valence-corrected chi connectivity index (χ2v) is 4.98. The summed E-state index contributed by atoms with van der Waals surface area (Å²) in [6.45, 7) is 0. The van der Waals surface area contributed by atoms with Gasteiger partial charge in [-0.05, 0) is 28.1 Å². The Morgan fingerprint density at radius 3 is 2.59 bits per heavy atom. The van der Waals surface area contributed by atoms with Crippen molar-refractivity contribution in [3.63, 3.8) is 0 Å². The summed E-state index contributed by atoms with van der Waals surface area (Å²) in [6, 6.07) is 7.30. The summed E-state index contributed by atoms with van der Waals surface area (Å²) in [5.74, 6) is 0. The predicted molar refractivity (Wildman–Crippen MR) is 71.1 cm³/mol. The highest BCUT2D eigenvalue weighted by Crippen LogP contribution is 2.33. The van der Waals surface area contributed by atoms with Gasteiger partial charge in [-0.15, -0.1) is 0 Å². The number of hydrogen-bond acceptors (Lipinski definition) is 2. The normalized spacial score (nSPS) is 10.3. The number of rotatable bonds is 1. The topological polar surface area (TPSA) is 41.6 Å². The highest BCUT2D eigenvalue weighted by atomic mass is 79.9. The van der Waals surface area contributed by atoms with Crippen LogP contribution in [0.3, 0.4) is 0 Å². The van der Waals surface area contributed by atoms with Gasteiger partial charge in [0.25, 0.3) is 0 Å². The van der Waals surface area contributed by atoms with Crippen LogP contribution in [0.1, 0.15) is 5.69 Å². The molecule has 0 aliphatic rings. The van der Waals surface area contributed by atoms with E-state index < -0.39 is 0 Å². The molecule has 0 bridgehead atoms. The van der Waals surface area contributed by atoms with Gasteiger partial charge in [-0.3, -0.25) is 4.68 Å². The zero-order chi connectivity index (χ0) is 12.6. The van der Waals surface area contributed by atoms with Gasteiger partial charge in [-0.2, -0.15) is 10.4 Å². The van der Waals surface area contributed by atoms with Crippen LogP contribution in [0.15, 0.2) is 22.7 Å². The van der Waals surface area contributed by atoms with E-state index >= 15 is 0 Å². The van der Waals surface area contributed by atoms with E-state index in [4.69, 9.17) is 28.5 Å². The standard InChI is InChI=1S/C11H6BrCl2N3/c1-17-11(10(12)9(5-15)16-17)6-2-3-7(13)8(14)4-6/h2-4H,1H3. The summed E-state index contributed by atoms with van der Waals surface area (Å²) >= 11 is 15.2. The van der Waals surface area contributed by atoms with Crippen LogP contribution in [-0.2, 0) is 7.05 Å². The van der Waals surface area contributed by atoms with Gasteiger partial charge in [-0.25, -0.2) is 0 Å². The molecule has 1 heterocycles. The summed E-state index contributed by atoms with van der Waals surface area (Å²) in [5, 5.41) is 14.0. The van der Waals surface area contributed by atoms with E-state index in [1.54, 1.807) is 23.9 Å². The van der Waals surface area contributed by atoms with Crippen LogP contribution in [0, 0.1) is 11.3 Å². The van der Waals surface area contributed by atoms with Crippen molar-refractivity contribution in [2.45, 2.75) is 0 Å². The van der Waals surface area contributed by atoms with Gasteiger partial charge in [-0.1, -0.05) is 29.3 Å². The lowest BCUT2D eigenvalue weighted by atomic mass is 10.1. The molecule has 0 aliphatic heterocycles. The lowest BCUT2D eigenvalue weighted by Crippen LogP contribution is -1.94. The number of aryl methyl sites for hydroxylation is 1. The lowest BCUT2D eigenvalue weighted by Gasteiger charge is -2.04. The molecule has 0 aliphatic carbocycles. The first-order chi connectivity index (χ1) is 8.04.